The zero-order valence-electron chi connectivity index (χ0n) is 17.6. The first-order valence-corrected chi connectivity index (χ1v) is 11.9. The minimum Gasteiger partial charge on any atom is -0.359 e. The Morgan fingerprint density at radius 2 is 1.91 bits per heavy atom. The van der Waals surface area contributed by atoms with Gasteiger partial charge in [0, 0.05) is 37.8 Å². The Kier molecular flexibility index (Phi) is 5.47. The number of rotatable bonds is 5. The number of aromatic nitrogens is 2. The van der Waals surface area contributed by atoms with Crippen molar-refractivity contribution in [1.29, 1.82) is 0 Å². The van der Waals surface area contributed by atoms with E-state index in [2.05, 4.69) is 5.10 Å². The van der Waals surface area contributed by atoms with E-state index in [0.29, 0.717) is 6.42 Å². The number of fused-ring (bicyclic) bond motifs is 1. The Balaban J connectivity index is 1.54. The summed E-state index contributed by atoms with van der Waals surface area (Å²) in [5, 5.41) is 3.90. The maximum atomic E-state index is 15.7. The molecule has 3 aromatic rings. The van der Waals surface area contributed by atoms with E-state index < -0.39 is 45.8 Å². The average molecular weight is 497 g/mol. The first kappa shape index (κ1) is 22.6. The molecule has 1 amide bonds. The third-order valence-corrected chi connectivity index (χ3v) is 7.59. The van der Waals surface area contributed by atoms with Crippen LogP contribution in [0, 0.1) is 17.5 Å². The van der Waals surface area contributed by atoms with Gasteiger partial charge in [-0.3, -0.25) is 4.79 Å². The van der Waals surface area contributed by atoms with Crippen LogP contribution in [0.25, 0.3) is 5.52 Å². The lowest BCUT2D eigenvalue weighted by atomic mass is 10.0. The Hall–Kier alpha value is -3.19. The fourth-order valence-corrected chi connectivity index (χ4v) is 5.51. The van der Waals surface area contributed by atoms with Crippen molar-refractivity contribution in [2.24, 2.45) is 0 Å². The van der Waals surface area contributed by atoms with Gasteiger partial charge >= 0.3 is 10.2 Å². The molecule has 0 radical (unpaired) electrons. The number of halogens is 4. The van der Waals surface area contributed by atoms with Gasteiger partial charge in [-0.05, 0) is 30.7 Å². The lowest BCUT2D eigenvalue weighted by Gasteiger charge is -2.29. The van der Waals surface area contributed by atoms with Crippen LogP contribution < -0.4 is 9.62 Å². The highest BCUT2D eigenvalue weighted by atomic mass is 32.2. The highest BCUT2D eigenvalue weighted by Crippen LogP contribution is 2.40. The predicted octanol–water partition coefficient (Wildman–Crippen LogP) is 2.72. The molecule has 2 aromatic heterocycles. The zero-order valence-corrected chi connectivity index (χ0v) is 18.4. The lowest BCUT2D eigenvalue weighted by Crippen LogP contribution is -2.49. The van der Waals surface area contributed by atoms with Gasteiger partial charge in [-0.2, -0.15) is 17.8 Å². The Bertz CT molecular complexity index is 1390. The van der Waals surface area contributed by atoms with Gasteiger partial charge in [0.15, 0.2) is 5.82 Å². The smallest absolute Gasteiger partial charge is 0.304 e. The Morgan fingerprint density at radius 1 is 1.15 bits per heavy atom. The van der Waals surface area contributed by atoms with Gasteiger partial charge in [0.05, 0.1) is 23.5 Å². The van der Waals surface area contributed by atoms with Crippen LogP contribution in [0.5, 0.6) is 0 Å². The van der Waals surface area contributed by atoms with Crippen molar-refractivity contribution in [1.82, 2.24) is 18.6 Å². The van der Waals surface area contributed by atoms with E-state index in [-0.39, 0.29) is 48.4 Å². The highest BCUT2D eigenvalue weighted by molar-refractivity contribution is 7.87. The summed E-state index contributed by atoms with van der Waals surface area (Å²) in [6, 6.07) is 3.10. The molecule has 2 aliphatic heterocycles. The SMILES string of the molecule is O=C(NS(=O)(=O)N1CCC1)c1cnn2ccc(N3C[C@@H](F)CC3c3cc(F)ccc3F)c(F)c12. The van der Waals surface area contributed by atoms with Crippen molar-refractivity contribution >= 4 is 27.3 Å². The quantitative estimate of drug-likeness (QED) is 0.548. The number of hydrogen-bond donors (Lipinski definition) is 1. The molecule has 0 aliphatic carbocycles. The summed E-state index contributed by atoms with van der Waals surface area (Å²) < 4.78 is 86.9. The number of carbonyl (C=O) groups is 1. The summed E-state index contributed by atoms with van der Waals surface area (Å²) >= 11 is 0. The van der Waals surface area contributed by atoms with Crippen LogP contribution in [0.15, 0.2) is 36.7 Å². The van der Waals surface area contributed by atoms with Crippen molar-refractivity contribution in [3.8, 4) is 0 Å². The summed E-state index contributed by atoms with van der Waals surface area (Å²) in [4.78, 5) is 14.0. The predicted molar refractivity (Wildman–Crippen MR) is 114 cm³/mol. The van der Waals surface area contributed by atoms with E-state index in [1.165, 1.54) is 17.2 Å². The summed E-state index contributed by atoms with van der Waals surface area (Å²) in [6.07, 6.45) is 1.39. The van der Waals surface area contributed by atoms with Gasteiger partial charge in [-0.1, -0.05) is 0 Å². The van der Waals surface area contributed by atoms with E-state index in [1.54, 1.807) is 0 Å². The molecule has 2 fully saturated rings. The first-order valence-electron chi connectivity index (χ1n) is 10.5. The molecule has 5 rings (SSSR count). The van der Waals surface area contributed by atoms with Crippen LogP contribution in [-0.4, -0.2) is 54.1 Å². The minimum absolute atomic E-state index is 0.119. The summed E-state index contributed by atoms with van der Waals surface area (Å²) in [7, 11) is -4.08. The van der Waals surface area contributed by atoms with E-state index in [0.717, 1.165) is 33.2 Å². The fourth-order valence-electron chi connectivity index (χ4n) is 4.30. The highest BCUT2D eigenvalue weighted by Gasteiger charge is 2.37. The van der Waals surface area contributed by atoms with Crippen molar-refractivity contribution in [3.05, 3.63) is 65.2 Å². The molecule has 8 nitrogen and oxygen atoms in total. The van der Waals surface area contributed by atoms with Crippen LogP contribution in [0.1, 0.15) is 34.8 Å². The molecule has 34 heavy (non-hydrogen) atoms. The van der Waals surface area contributed by atoms with Gasteiger partial charge in [-0.25, -0.2) is 26.8 Å². The third kappa shape index (κ3) is 3.78. The molecule has 180 valence electrons. The Morgan fingerprint density at radius 3 is 2.62 bits per heavy atom. The number of hydrogen-bond acceptors (Lipinski definition) is 5. The topological polar surface area (TPSA) is 87.0 Å². The standard InChI is InChI=1S/C21H19F4N5O3S/c22-12-2-3-16(24)14(8-12)18-9-13(23)11-29(18)17-4-7-30-20(19(17)25)15(10-26-30)21(31)27-34(32,33)28-5-1-6-28/h2-4,7-8,10,13,18H,1,5-6,9,11H2,(H,27,31)/t13-,18?/m0/s1. The van der Waals surface area contributed by atoms with Crippen LogP contribution in [0.4, 0.5) is 23.2 Å². The number of anilines is 1. The average Bonchev–Trinajstić information content (AvgIpc) is 3.32. The molecule has 0 spiro atoms. The summed E-state index contributed by atoms with van der Waals surface area (Å²) in [5.74, 6) is -3.52. The molecule has 1 aromatic carbocycles. The second-order valence-electron chi connectivity index (χ2n) is 8.22. The molecule has 4 heterocycles. The van der Waals surface area contributed by atoms with Gasteiger partial charge < -0.3 is 4.90 Å². The van der Waals surface area contributed by atoms with Crippen molar-refractivity contribution in [3.63, 3.8) is 0 Å². The first-order chi connectivity index (χ1) is 16.2. The number of nitrogens with zero attached hydrogens (tertiary/aromatic N) is 4. The van der Waals surface area contributed by atoms with E-state index in [1.807, 2.05) is 4.72 Å². The molecule has 13 heteroatoms. The zero-order chi connectivity index (χ0) is 24.2. The van der Waals surface area contributed by atoms with Gasteiger partial charge in [0.1, 0.15) is 23.3 Å². The molecule has 1 N–H and O–H groups in total. The largest absolute Gasteiger partial charge is 0.359 e. The number of nitrogens with one attached hydrogen (secondary N) is 1. The third-order valence-electron chi connectivity index (χ3n) is 6.10. The number of benzene rings is 1. The van der Waals surface area contributed by atoms with E-state index in [4.69, 9.17) is 0 Å². The maximum Gasteiger partial charge on any atom is 0.304 e. The number of carbonyl (C=O) groups excluding carboxylic acids is 1. The lowest BCUT2D eigenvalue weighted by molar-refractivity contribution is 0.0979. The monoisotopic (exact) mass is 497 g/mol. The van der Waals surface area contributed by atoms with Gasteiger partial charge in [-0.15, -0.1) is 0 Å². The Labute approximate surface area is 191 Å². The van der Waals surface area contributed by atoms with Crippen molar-refractivity contribution < 1.29 is 30.8 Å². The maximum absolute atomic E-state index is 15.7. The second-order valence-corrected chi connectivity index (χ2v) is 9.89. The summed E-state index contributed by atoms with van der Waals surface area (Å²) in [5.41, 5.74) is -0.935. The second kappa shape index (κ2) is 8.24. The molecular formula is C21H19F4N5O3S. The van der Waals surface area contributed by atoms with Crippen LogP contribution in [0.2, 0.25) is 0 Å². The van der Waals surface area contributed by atoms with Crippen LogP contribution in [-0.2, 0) is 10.2 Å². The molecule has 0 bridgehead atoms. The molecule has 0 saturated carbocycles. The number of amides is 1. The molecular weight excluding hydrogens is 478 g/mol. The molecule has 2 saturated heterocycles. The summed E-state index contributed by atoms with van der Waals surface area (Å²) in [6.45, 7) is 0.257. The van der Waals surface area contributed by atoms with E-state index >= 15 is 4.39 Å². The molecule has 2 atom stereocenters. The minimum atomic E-state index is -4.08. The van der Waals surface area contributed by atoms with Gasteiger partial charge in [0.2, 0.25) is 0 Å². The fraction of sp³-hybridized carbons (Fsp3) is 0.333. The normalized spacial score (nSPS) is 21.1. The molecule has 2 aliphatic rings. The van der Waals surface area contributed by atoms with Crippen LogP contribution >= 0.6 is 0 Å². The van der Waals surface area contributed by atoms with Crippen molar-refractivity contribution in [2.75, 3.05) is 24.5 Å². The van der Waals surface area contributed by atoms with E-state index in [9.17, 15) is 26.4 Å². The number of pyridine rings is 1. The number of alkyl halides is 1. The van der Waals surface area contributed by atoms with Crippen LogP contribution in [0.3, 0.4) is 0 Å². The van der Waals surface area contributed by atoms with Gasteiger partial charge in [0.25, 0.3) is 5.91 Å². The van der Waals surface area contributed by atoms with Crippen molar-refractivity contribution in [2.45, 2.75) is 25.1 Å². The molecule has 1 unspecified atom stereocenters.